The minimum Gasteiger partial charge on any atom is -0.370 e. The third-order valence-corrected chi connectivity index (χ3v) is 5.24. The van der Waals surface area contributed by atoms with E-state index in [1.54, 1.807) is 25.4 Å². The van der Waals surface area contributed by atoms with Gasteiger partial charge in [0.1, 0.15) is 5.56 Å². The standard InChI is InChI=1S/C21H22N4O2/c1-14-7-8-16(21(27)24(14)2)20(26)23-17-9-10-18(25-12-3-4-13-25)19-15(17)6-5-11-22-19/h5-11H,3-4,12-13H2,1-2H3,(H,23,26). The minimum atomic E-state index is -0.408. The predicted molar refractivity (Wildman–Crippen MR) is 108 cm³/mol. The number of nitrogens with one attached hydrogen (secondary N) is 1. The molecule has 1 aromatic carbocycles. The number of benzene rings is 1. The van der Waals surface area contributed by atoms with E-state index in [0.717, 1.165) is 35.4 Å². The minimum absolute atomic E-state index is 0.128. The van der Waals surface area contributed by atoms with Gasteiger partial charge in [-0.2, -0.15) is 0 Å². The number of carbonyl (C=O) groups is 1. The second-order valence-corrected chi connectivity index (χ2v) is 6.93. The monoisotopic (exact) mass is 362 g/mol. The van der Waals surface area contributed by atoms with Gasteiger partial charge in [-0.3, -0.25) is 14.6 Å². The van der Waals surface area contributed by atoms with E-state index in [1.165, 1.54) is 17.4 Å². The van der Waals surface area contributed by atoms with E-state index in [4.69, 9.17) is 0 Å². The van der Waals surface area contributed by atoms with Gasteiger partial charge in [0.15, 0.2) is 0 Å². The molecule has 2 aromatic heterocycles. The second-order valence-electron chi connectivity index (χ2n) is 6.93. The van der Waals surface area contributed by atoms with Crippen molar-refractivity contribution >= 4 is 28.2 Å². The summed E-state index contributed by atoms with van der Waals surface area (Å²) in [6, 6.07) is 11.1. The zero-order valence-corrected chi connectivity index (χ0v) is 15.5. The Bertz CT molecular complexity index is 1080. The maximum absolute atomic E-state index is 12.7. The molecule has 1 amide bonds. The molecule has 138 valence electrons. The molecule has 0 aliphatic carbocycles. The van der Waals surface area contributed by atoms with Crippen molar-refractivity contribution in [2.75, 3.05) is 23.3 Å². The fourth-order valence-electron chi connectivity index (χ4n) is 3.57. The highest BCUT2D eigenvalue weighted by Gasteiger charge is 2.19. The van der Waals surface area contributed by atoms with E-state index in [-0.39, 0.29) is 11.1 Å². The smallest absolute Gasteiger partial charge is 0.263 e. The Balaban J connectivity index is 1.73. The predicted octanol–water partition coefficient (Wildman–Crippen LogP) is 3.09. The van der Waals surface area contributed by atoms with Gasteiger partial charge in [-0.25, -0.2) is 0 Å². The first-order valence-electron chi connectivity index (χ1n) is 9.17. The van der Waals surface area contributed by atoms with E-state index in [9.17, 15) is 9.59 Å². The van der Waals surface area contributed by atoms with Gasteiger partial charge in [0.05, 0.1) is 16.9 Å². The summed E-state index contributed by atoms with van der Waals surface area (Å²) in [4.78, 5) is 32.0. The SMILES string of the molecule is Cc1ccc(C(=O)Nc2ccc(N3CCCC3)c3ncccc23)c(=O)n1C. The molecular formula is C21H22N4O2. The Kier molecular flexibility index (Phi) is 4.39. The first-order chi connectivity index (χ1) is 13.1. The van der Waals surface area contributed by atoms with Crippen LogP contribution in [-0.4, -0.2) is 28.5 Å². The molecule has 0 bridgehead atoms. The molecule has 0 atom stereocenters. The van der Waals surface area contributed by atoms with Crippen LogP contribution in [0, 0.1) is 6.92 Å². The van der Waals surface area contributed by atoms with Crippen molar-refractivity contribution in [3.8, 4) is 0 Å². The third kappa shape index (κ3) is 3.07. The van der Waals surface area contributed by atoms with Crippen LogP contribution >= 0.6 is 0 Å². The molecule has 27 heavy (non-hydrogen) atoms. The van der Waals surface area contributed by atoms with E-state index >= 15 is 0 Å². The van der Waals surface area contributed by atoms with Crippen LogP contribution in [0.4, 0.5) is 11.4 Å². The third-order valence-electron chi connectivity index (χ3n) is 5.24. The molecule has 6 nitrogen and oxygen atoms in total. The number of aromatic nitrogens is 2. The number of anilines is 2. The summed E-state index contributed by atoms with van der Waals surface area (Å²) < 4.78 is 1.48. The van der Waals surface area contributed by atoms with Crippen molar-refractivity contribution in [2.45, 2.75) is 19.8 Å². The van der Waals surface area contributed by atoms with E-state index in [1.807, 2.05) is 31.2 Å². The van der Waals surface area contributed by atoms with Gasteiger partial charge in [-0.1, -0.05) is 0 Å². The second kappa shape index (κ2) is 6.87. The molecular weight excluding hydrogens is 340 g/mol. The van der Waals surface area contributed by atoms with Gasteiger partial charge in [0.2, 0.25) is 0 Å². The number of carbonyl (C=O) groups excluding carboxylic acids is 1. The summed E-state index contributed by atoms with van der Waals surface area (Å²) >= 11 is 0. The van der Waals surface area contributed by atoms with Crippen molar-refractivity contribution in [3.05, 3.63) is 64.2 Å². The van der Waals surface area contributed by atoms with Crippen LogP contribution in [0.25, 0.3) is 10.9 Å². The molecule has 3 heterocycles. The number of fused-ring (bicyclic) bond motifs is 1. The number of nitrogens with zero attached hydrogens (tertiary/aromatic N) is 3. The highest BCUT2D eigenvalue weighted by atomic mass is 16.2. The fourth-order valence-corrected chi connectivity index (χ4v) is 3.57. The number of hydrogen-bond donors (Lipinski definition) is 1. The lowest BCUT2D eigenvalue weighted by molar-refractivity contribution is 0.102. The Labute approximate surface area is 157 Å². The Morgan fingerprint density at radius 1 is 1.11 bits per heavy atom. The van der Waals surface area contributed by atoms with Gasteiger partial charge >= 0.3 is 0 Å². The zero-order chi connectivity index (χ0) is 19.0. The van der Waals surface area contributed by atoms with Crippen molar-refractivity contribution in [1.29, 1.82) is 0 Å². The zero-order valence-electron chi connectivity index (χ0n) is 15.5. The fraction of sp³-hybridized carbons (Fsp3) is 0.286. The Morgan fingerprint density at radius 3 is 2.67 bits per heavy atom. The molecule has 1 saturated heterocycles. The molecule has 4 rings (SSSR count). The van der Waals surface area contributed by atoms with E-state index in [2.05, 4.69) is 15.2 Å². The van der Waals surface area contributed by atoms with Crippen LogP contribution in [0.1, 0.15) is 28.9 Å². The van der Waals surface area contributed by atoms with Crippen molar-refractivity contribution < 1.29 is 4.79 Å². The van der Waals surface area contributed by atoms with Gasteiger partial charge in [-0.15, -0.1) is 0 Å². The number of hydrogen-bond acceptors (Lipinski definition) is 4. The highest BCUT2D eigenvalue weighted by Crippen LogP contribution is 2.32. The Hall–Kier alpha value is -3.15. The van der Waals surface area contributed by atoms with Crippen LogP contribution in [0.15, 0.2) is 47.4 Å². The summed E-state index contributed by atoms with van der Waals surface area (Å²) in [6.45, 7) is 3.88. The average Bonchev–Trinajstić information content (AvgIpc) is 3.21. The van der Waals surface area contributed by atoms with Crippen LogP contribution in [0.5, 0.6) is 0 Å². The van der Waals surface area contributed by atoms with Gasteiger partial charge in [0, 0.05) is 37.4 Å². The summed E-state index contributed by atoms with van der Waals surface area (Å²) in [5.74, 6) is -0.408. The van der Waals surface area contributed by atoms with Crippen molar-refractivity contribution in [3.63, 3.8) is 0 Å². The van der Waals surface area contributed by atoms with Gasteiger partial charge < -0.3 is 14.8 Å². The van der Waals surface area contributed by atoms with Crippen LogP contribution in [0.2, 0.25) is 0 Å². The number of rotatable bonds is 3. The average molecular weight is 362 g/mol. The van der Waals surface area contributed by atoms with Crippen LogP contribution < -0.4 is 15.8 Å². The van der Waals surface area contributed by atoms with E-state index < -0.39 is 5.91 Å². The Morgan fingerprint density at radius 2 is 1.89 bits per heavy atom. The van der Waals surface area contributed by atoms with E-state index in [0.29, 0.717) is 5.69 Å². The normalized spacial score (nSPS) is 13.9. The molecule has 1 aliphatic heterocycles. The largest absolute Gasteiger partial charge is 0.370 e. The molecule has 0 spiro atoms. The molecule has 0 unspecified atom stereocenters. The summed E-state index contributed by atoms with van der Waals surface area (Å²) in [6.07, 6.45) is 4.14. The van der Waals surface area contributed by atoms with Gasteiger partial charge in [0.25, 0.3) is 11.5 Å². The lowest BCUT2D eigenvalue weighted by Crippen LogP contribution is -2.28. The number of amides is 1. The van der Waals surface area contributed by atoms with Crippen molar-refractivity contribution in [2.24, 2.45) is 7.05 Å². The summed E-state index contributed by atoms with van der Waals surface area (Å²) in [5.41, 5.74) is 3.25. The number of pyridine rings is 2. The van der Waals surface area contributed by atoms with Crippen molar-refractivity contribution in [1.82, 2.24) is 9.55 Å². The number of aryl methyl sites for hydroxylation is 1. The molecule has 1 fully saturated rings. The maximum Gasteiger partial charge on any atom is 0.263 e. The lowest BCUT2D eigenvalue weighted by Gasteiger charge is -2.20. The summed E-state index contributed by atoms with van der Waals surface area (Å²) in [7, 11) is 1.67. The molecule has 6 heteroatoms. The van der Waals surface area contributed by atoms with Crippen LogP contribution in [-0.2, 0) is 7.05 Å². The molecule has 1 N–H and O–H groups in total. The first-order valence-corrected chi connectivity index (χ1v) is 9.17. The molecule has 0 radical (unpaired) electrons. The maximum atomic E-state index is 12.7. The highest BCUT2D eigenvalue weighted by molar-refractivity contribution is 6.10. The quantitative estimate of drug-likeness (QED) is 0.777. The summed E-state index contributed by atoms with van der Waals surface area (Å²) in [5, 5.41) is 3.77. The topological polar surface area (TPSA) is 67.2 Å². The first kappa shape index (κ1) is 17.3. The lowest BCUT2D eigenvalue weighted by atomic mass is 10.1. The molecule has 0 saturated carbocycles. The molecule has 3 aromatic rings. The van der Waals surface area contributed by atoms with Gasteiger partial charge in [-0.05, 0) is 56.2 Å². The van der Waals surface area contributed by atoms with Crippen LogP contribution in [0.3, 0.4) is 0 Å². The molecule has 1 aliphatic rings.